The SMILES string of the molecule is CCOC(=O)c1nc(OC[C@@H]2C[C@@H](F)CN2C)nc(N2CCN(C(=O)OC(C)(C)C)CC2C)c1[N+](=O)[O-]. The van der Waals surface area contributed by atoms with Gasteiger partial charge in [-0.2, -0.15) is 9.97 Å². The fraction of sp³-hybridized carbons (Fsp3) is 0.739. The number of rotatable bonds is 7. The molecule has 14 heteroatoms. The molecule has 2 fully saturated rings. The van der Waals surface area contributed by atoms with Crippen LogP contribution in [0.1, 0.15) is 51.5 Å². The van der Waals surface area contributed by atoms with Gasteiger partial charge >= 0.3 is 23.8 Å². The minimum atomic E-state index is -0.982. The summed E-state index contributed by atoms with van der Waals surface area (Å²) in [4.78, 5) is 49.8. The molecule has 13 nitrogen and oxygen atoms in total. The molecule has 1 unspecified atom stereocenters. The van der Waals surface area contributed by atoms with Crippen LogP contribution in [0.15, 0.2) is 0 Å². The van der Waals surface area contributed by atoms with Crippen molar-refractivity contribution in [1.82, 2.24) is 19.8 Å². The standard InChI is InChI=1S/C23H35FN6O7/c1-7-35-20(31)17-18(30(33)34)19(26-21(25-17)36-13-16-10-15(24)12-27(16)6)29-9-8-28(11-14(29)2)22(32)37-23(3,4)5/h14-16H,7-13H2,1-6H3/t14?,15-,16+/m1/s1. The molecule has 2 aliphatic heterocycles. The molecule has 0 aromatic carbocycles. The zero-order chi connectivity index (χ0) is 27.5. The van der Waals surface area contributed by atoms with Gasteiger partial charge in [0.25, 0.3) is 0 Å². The van der Waals surface area contributed by atoms with E-state index in [-0.39, 0.29) is 63.7 Å². The lowest BCUT2D eigenvalue weighted by Gasteiger charge is -2.40. The molecular weight excluding hydrogens is 491 g/mol. The van der Waals surface area contributed by atoms with E-state index in [9.17, 15) is 24.1 Å². The Kier molecular flexibility index (Phi) is 8.72. The maximum absolute atomic E-state index is 13.8. The van der Waals surface area contributed by atoms with Gasteiger partial charge in [-0.1, -0.05) is 0 Å². The minimum Gasteiger partial charge on any atom is -0.462 e. The summed E-state index contributed by atoms with van der Waals surface area (Å²) in [6.45, 7) is 9.58. The highest BCUT2D eigenvalue weighted by Crippen LogP contribution is 2.34. The van der Waals surface area contributed by atoms with Crippen LogP contribution in [0.25, 0.3) is 0 Å². The summed E-state index contributed by atoms with van der Waals surface area (Å²) in [5.41, 5.74) is -1.80. The first-order chi connectivity index (χ1) is 17.3. The van der Waals surface area contributed by atoms with Crippen LogP contribution in [0.2, 0.25) is 0 Å². The van der Waals surface area contributed by atoms with E-state index in [4.69, 9.17) is 14.2 Å². The van der Waals surface area contributed by atoms with Crippen LogP contribution in [-0.4, -0.2) is 107 Å². The van der Waals surface area contributed by atoms with Crippen molar-refractivity contribution < 1.29 is 33.1 Å². The second-order valence-corrected chi connectivity index (χ2v) is 10.2. The molecule has 2 saturated heterocycles. The van der Waals surface area contributed by atoms with Crippen LogP contribution in [0, 0.1) is 10.1 Å². The smallest absolute Gasteiger partial charge is 0.410 e. The number of alkyl halides is 1. The average Bonchev–Trinajstić information content (AvgIpc) is 3.12. The van der Waals surface area contributed by atoms with Crippen LogP contribution >= 0.6 is 0 Å². The fourth-order valence-corrected chi connectivity index (χ4v) is 4.34. The number of amides is 1. The summed E-state index contributed by atoms with van der Waals surface area (Å²) in [7, 11) is 1.77. The van der Waals surface area contributed by atoms with E-state index in [2.05, 4.69) is 9.97 Å². The number of aromatic nitrogens is 2. The Morgan fingerprint density at radius 2 is 1.92 bits per heavy atom. The normalized spacial score (nSPS) is 22.6. The van der Waals surface area contributed by atoms with Gasteiger partial charge in [-0.3, -0.25) is 15.0 Å². The van der Waals surface area contributed by atoms with Crippen LogP contribution in [-0.2, 0) is 9.47 Å². The lowest BCUT2D eigenvalue weighted by Crippen LogP contribution is -2.55. The molecule has 206 valence electrons. The van der Waals surface area contributed by atoms with Crippen molar-refractivity contribution in [1.29, 1.82) is 0 Å². The van der Waals surface area contributed by atoms with E-state index in [0.29, 0.717) is 0 Å². The van der Waals surface area contributed by atoms with Gasteiger partial charge in [-0.25, -0.2) is 14.0 Å². The summed E-state index contributed by atoms with van der Waals surface area (Å²) < 4.78 is 29.9. The minimum absolute atomic E-state index is 0.0127. The largest absolute Gasteiger partial charge is 0.462 e. The number of piperazine rings is 1. The summed E-state index contributed by atoms with van der Waals surface area (Å²) in [6, 6.07) is -0.897. The number of hydrogen-bond acceptors (Lipinski definition) is 11. The second-order valence-electron chi connectivity index (χ2n) is 10.2. The number of carbonyl (C=O) groups is 2. The van der Waals surface area contributed by atoms with Crippen molar-refractivity contribution in [3.8, 4) is 6.01 Å². The predicted octanol–water partition coefficient (Wildman–Crippen LogP) is 2.43. The van der Waals surface area contributed by atoms with Gasteiger partial charge in [0.2, 0.25) is 11.5 Å². The predicted molar refractivity (Wildman–Crippen MR) is 131 cm³/mol. The van der Waals surface area contributed by atoms with Crippen LogP contribution in [0.4, 0.5) is 20.7 Å². The molecule has 0 bridgehead atoms. The van der Waals surface area contributed by atoms with Gasteiger partial charge in [-0.15, -0.1) is 0 Å². The number of anilines is 1. The van der Waals surface area contributed by atoms with Gasteiger partial charge in [0.1, 0.15) is 18.4 Å². The lowest BCUT2D eigenvalue weighted by molar-refractivity contribution is -0.385. The molecule has 1 aromatic heterocycles. The van der Waals surface area contributed by atoms with Crippen LogP contribution in [0.5, 0.6) is 6.01 Å². The number of likely N-dealkylation sites (N-methyl/N-ethyl adjacent to an activating group) is 1. The first-order valence-corrected chi connectivity index (χ1v) is 12.3. The molecule has 1 amide bonds. The summed E-state index contributed by atoms with van der Waals surface area (Å²) in [5.74, 6) is -1.10. The molecule has 0 aliphatic carbocycles. The quantitative estimate of drug-likeness (QED) is 0.294. The van der Waals surface area contributed by atoms with E-state index < -0.39 is 46.2 Å². The summed E-state index contributed by atoms with van der Waals surface area (Å²) in [5, 5.41) is 12.1. The number of carbonyl (C=O) groups excluding carboxylic acids is 2. The van der Waals surface area contributed by atoms with Crippen molar-refractivity contribution >= 4 is 23.6 Å². The molecule has 3 rings (SSSR count). The van der Waals surface area contributed by atoms with Crippen molar-refractivity contribution in [2.75, 3.05) is 51.3 Å². The molecule has 0 saturated carbocycles. The number of halogens is 1. The molecule has 2 aliphatic rings. The van der Waals surface area contributed by atoms with E-state index >= 15 is 0 Å². The Morgan fingerprint density at radius 1 is 1.22 bits per heavy atom. The van der Waals surface area contributed by atoms with Crippen molar-refractivity contribution in [3.05, 3.63) is 15.8 Å². The molecule has 0 spiro atoms. The fourth-order valence-electron chi connectivity index (χ4n) is 4.34. The number of nitro groups is 1. The van der Waals surface area contributed by atoms with Crippen LogP contribution < -0.4 is 9.64 Å². The van der Waals surface area contributed by atoms with E-state index in [1.54, 1.807) is 51.5 Å². The molecular formula is C23H35FN6O7. The van der Waals surface area contributed by atoms with Crippen molar-refractivity contribution in [2.24, 2.45) is 0 Å². The maximum Gasteiger partial charge on any atom is 0.410 e. The summed E-state index contributed by atoms with van der Waals surface area (Å²) >= 11 is 0. The van der Waals surface area contributed by atoms with Gasteiger partial charge in [0, 0.05) is 38.3 Å². The Labute approximate surface area is 215 Å². The molecule has 3 atom stereocenters. The Morgan fingerprint density at radius 3 is 2.46 bits per heavy atom. The van der Waals surface area contributed by atoms with Gasteiger partial charge < -0.3 is 24.0 Å². The zero-order valence-electron chi connectivity index (χ0n) is 22.1. The van der Waals surface area contributed by atoms with Gasteiger partial charge in [0.15, 0.2) is 0 Å². The Bertz CT molecular complexity index is 1020. The number of hydrogen-bond donors (Lipinski definition) is 0. The Hall–Kier alpha value is -3.29. The first-order valence-electron chi connectivity index (χ1n) is 12.3. The average molecular weight is 527 g/mol. The third kappa shape index (κ3) is 6.93. The first kappa shape index (κ1) is 28.3. The van der Waals surface area contributed by atoms with Crippen molar-refractivity contribution in [2.45, 2.75) is 64.9 Å². The highest BCUT2D eigenvalue weighted by Gasteiger charge is 2.38. The Balaban J connectivity index is 1.92. The van der Waals surface area contributed by atoms with E-state index in [0.717, 1.165) is 0 Å². The summed E-state index contributed by atoms with van der Waals surface area (Å²) in [6.07, 6.45) is -1.20. The monoisotopic (exact) mass is 526 g/mol. The van der Waals surface area contributed by atoms with E-state index in [1.807, 2.05) is 0 Å². The van der Waals surface area contributed by atoms with Crippen LogP contribution in [0.3, 0.4) is 0 Å². The molecule has 0 radical (unpaired) electrons. The number of likely N-dealkylation sites (tertiary alicyclic amines) is 1. The molecule has 3 heterocycles. The number of nitrogens with zero attached hydrogens (tertiary/aromatic N) is 6. The number of ether oxygens (including phenoxy) is 3. The maximum atomic E-state index is 13.8. The van der Waals surface area contributed by atoms with Gasteiger partial charge in [-0.05, 0) is 48.1 Å². The van der Waals surface area contributed by atoms with Crippen molar-refractivity contribution in [3.63, 3.8) is 0 Å². The lowest BCUT2D eigenvalue weighted by atomic mass is 10.1. The third-order valence-electron chi connectivity index (χ3n) is 6.09. The second kappa shape index (κ2) is 11.4. The highest BCUT2D eigenvalue weighted by molar-refractivity contribution is 5.94. The molecule has 0 N–H and O–H groups in total. The molecule has 37 heavy (non-hydrogen) atoms. The third-order valence-corrected chi connectivity index (χ3v) is 6.09. The van der Waals surface area contributed by atoms with E-state index in [1.165, 1.54) is 4.90 Å². The van der Waals surface area contributed by atoms with Gasteiger partial charge in [0.05, 0.1) is 11.5 Å². The zero-order valence-corrected chi connectivity index (χ0v) is 22.1. The number of esters is 1. The highest BCUT2D eigenvalue weighted by atomic mass is 19.1. The molecule has 1 aromatic rings. The topological polar surface area (TPSA) is 140 Å².